The molecule has 0 radical (unpaired) electrons. The SMILES string of the molecule is CC(C)Nc1cc(CN)ccc1Cl.[AlH3].[LiH]. The molecule has 0 heterocycles. The Kier molecular flexibility index (Phi) is 10.1. The first-order valence-corrected chi connectivity index (χ1v) is 4.76. The molecule has 0 bridgehead atoms. The van der Waals surface area contributed by atoms with Gasteiger partial charge in [-0.25, -0.2) is 0 Å². The van der Waals surface area contributed by atoms with Gasteiger partial charge in [-0.2, -0.15) is 0 Å². The molecule has 5 heteroatoms. The molecular formula is C10H19AlClLiN2. The summed E-state index contributed by atoms with van der Waals surface area (Å²) in [5.41, 5.74) is 7.58. The Morgan fingerprint density at radius 2 is 2.00 bits per heavy atom. The zero-order valence-electron chi connectivity index (χ0n) is 7.97. The molecule has 0 spiro atoms. The summed E-state index contributed by atoms with van der Waals surface area (Å²) in [6.07, 6.45) is 0. The fourth-order valence-electron chi connectivity index (χ4n) is 1.12. The summed E-state index contributed by atoms with van der Waals surface area (Å²) in [5, 5.41) is 4.00. The van der Waals surface area contributed by atoms with Gasteiger partial charge in [0.05, 0.1) is 10.7 Å². The molecular weight excluding hydrogens is 218 g/mol. The van der Waals surface area contributed by atoms with Gasteiger partial charge in [0.1, 0.15) is 0 Å². The number of anilines is 1. The number of halogens is 1. The normalized spacial score (nSPS) is 9.13. The van der Waals surface area contributed by atoms with Crippen molar-refractivity contribution in [1.29, 1.82) is 0 Å². The minimum absolute atomic E-state index is 0. The first-order valence-electron chi connectivity index (χ1n) is 4.38. The molecule has 0 atom stereocenters. The molecule has 0 fully saturated rings. The number of nitrogens with two attached hydrogens (primary N) is 1. The van der Waals surface area contributed by atoms with Crippen LogP contribution in [0.1, 0.15) is 19.4 Å². The van der Waals surface area contributed by atoms with Crippen molar-refractivity contribution >= 4 is 53.5 Å². The van der Waals surface area contributed by atoms with Crippen LogP contribution in [-0.2, 0) is 6.54 Å². The summed E-state index contributed by atoms with van der Waals surface area (Å²) in [5.74, 6) is 0. The van der Waals surface area contributed by atoms with E-state index >= 15 is 0 Å². The van der Waals surface area contributed by atoms with E-state index in [1.54, 1.807) is 0 Å². The first-order chi connectivity index (χ1) is 6.13. The molecule has 15 heavy (non-hydrogen) atoms. The van der Waals surface area contributed by atoms with E-state index in [0.717, 1.165) is 16.3 Å². The third-order valence-corrected chi connectivity index (χ3v) is 2.04. The van der Waals surface area contributed by atoms with Crippen molar-refractivity contribution in [3.05, 3.63) is 28.8 Å². The van der Waals surface area contributed by atoms with Crippen LogP contribution in [-0.4, -0.2) is 42.3 Å². The van der Waals surface area contributed by atoms with E-state index in [1.807, 2.05) is 18.2 Å². The summed E-state index contributed by atoms with van der Waals surface area (Å²) >= 11 is 5.99. The Morgan fingerprint density at radius 1 is 1.40 bits per heavy atom. The molecule has 3 N–H and O–H groups in total. The van der Waals surface area contributed by atoms with Crippen LogP contribution >= 0.6 is 11.6 Å². The summed E-state index contributed by atoms with van der Waals surface area (Å²) in [6.45, 7) is 4.70. The summed E-state index contributed by atoms with van der Waals surface area (Å²) in [7, 11) is 0. The molecule has 0 saturated heterocycles. The van der Waals surface area contributed by atoms with Crippen molar-refractivity contribution < 1.29 is 0 Å². The van der Waals surface area contributed by atoms with Gasteiger partial charge in [-0.1, -0.05) is 17.7 Å². The molecule has 0 amide bonds. The second-order valence-corrected chi connectivity index (χ2v) is 3.72. The fraction of sp³-hybridized carbons (Fsp3) is 0.400. The number of rotatable bonds is 3. The van der Waals surface area contributed by atoms with Crippen LogP contribution in [0.2, 0.25) is 5.02 Å². The van der Waals surface area contributed by atoms with Crippen molar-refractivity contribution in [3.8, 4) is 0 Å². The van der Waals surface area contributed by atoms with E-state index in [-0.39, 0.29) is 36.2 Å². The molecule has 0 aromatic heterocycles. The van der Waals surface area contributed by atoms with Crippen LogP contribution in [0.25, 0.3) is 0 Å². The van der Waals surface area contributed by atoms with Crippen LogP contribution < -0.4 is 11.1 Å². The molecule has 1 aromatic rings. The molecule has 1 aromatic carbocycles. The Bertz CT molecular complexity index is 295. The average molecular weight is 237 g/mol. The number of benzene rings is 1. The summed E-state index contributed by atoms with van der Waals surface area (Å²) < 4.78 is 0. The van der Waals surface area contributed by atoms with Gasteiger partial charge in [-0.3, -0.25) is 0 Å². The number of hydrogen-bond acceptors (Lipinski definition) is 2. The molecule has 0 aliphatic carbocycles. The van der Waals surface area contributed by atoms with Gasteiger partial charge in [0.2, 0.25) is 0 Å². The Morgan fingerprint density at radius 3 is 2.47 bits per heavy atom. The predicted molar refractivity (Wildman–Crippen MR) is 75.2 cm³/mol. The monoisotopic (exact) mass is 236 g/mol. The molecule has 2 nitrogen and oxygen atoms in total. The van der Waals surface area contributed by atoms with E-state index in [0.29, 0.717) is 12.6 Å². The maximum absolute atomic E-state index is 5.99. The van der Waals surface area contributed by atoms with Crippen LogP contribution in [0.5, 0.6) is 0 Å². The Hall–Kier alpha value is 0.400. The molecule has 80 valence electrons. The Balaban J connectivity index is 0. The zero-order valence-corrected chi connectivity index (χ0v) is 8.73. The van der Waals surface area contributed by atoms with Crippen molar-refractivity contribution in [2.24, 2.45) is 5.73 Å². The van der Waals surface area contributed by atoms with Gasteiger partial charge in [0.25, 0.3) is 0 Å². The predicted octanol–water partition coefficient (Wildman–Crippen LogP) is 0.787. The quantitative estimate of drug-likeness (QED) is 0.762. The zero-order chi connectivity index (χ0) is 9.84. The topological polar surface area (TPSA) is 38.0 Å². The van der Waals surface area contributed by atoms with Gasteiger partial charge in [-0.05, 0) is 31.5 Å². The second-order valence-electron chi connectivity index (χ2n) is 3.32. The first kappa shape index (κ1) is 17.8. The third-order valence-electron chi connectivity index (χ3n) is 1.71. The molecule has 0 unspecified atom stereocenters. The second kappa shape index (κ2) is 8.54. The minimum atomic E-state index is 0. The number of hydrogen-bond donors (Lipinski definition) is 2. The standard InChI is InChI=1S/C10H15ClN2.Al.Li.4H/c1-7(2)13-10-5-8(6-12)3-4-9(10)11;;;;;;/h3-5,7,13H,6,12H2,1-2H3;;;;;;. The summed E-state index contributed by atoms with van der Waals surface area (Å²) in [6, 6.07) is 6.18. The van der Waals surface area contributed by atoms with Crippen molar-refractivity contribution in [2.75, 3.05) is 5.32 Å². The van der Waals surface area contributed by atoms with E-state index in [4.69, 9.17) is 17.3 Å². The number of nitrogens with one attached hydrogen (secondary N) is 1. The van der Waals surface area contributed by atoms with Crippen LogP contribution in [0.3, 0.4) is 0 Å². The van der Waals surface area contributed by atoms with Gasteiger partial charge in [-0.15, -0.1) is 0 Å². The third kappa shape index (κ3) is 5.88. The Labute approximate surface area is 119 Å². The van der Waals surface area contributed by atoms with E-state index < -0.39 is 0 Å². The van der Waals surface area contributed by atoms with Crippen LogP contribution in [0, 0.1) is 0 Å². The van der Waals surface area contributed by atoms with Gasteiger partial charge in [0, 0.05) is 12.6 Å². The van der Waals surface area contributed by atoms with E-state index in [2.05, 4.69) is 19.2 Å². The van der Waals surface area contributed by atoms with Crippen molar-refractivity contribution in [3.63, 3.8) is 0 Å². The van der Waals surface area contributed by atoms with Crippen molar-refractivity contribution in [2.45, 2.75) is 26.4 Å². The van der Waals surface area contributed by atoms with Gasteiger partial charge >= 0.3 is 18.9 Å². The van der Waals surface area contributed by atoms with E-state index in [9.17, 15) is 0 Å². The van der Waals surface area contributed by atoms with Crippen LogP contribution in [0.15, 0.2) is 18.2 Å². The summed E-state index contributed by atoms with van der Waals surface area (Å²) in [4.78, 5) is 0. The van der Waals surface area contributed by atoms with Gasteiger partial charge < -0.3 is 11.1 Å². The van der Waals surface area contributed by atoms with Crippen LogP contribution in [0.4, 0.5) is 5.69 Å². The van der Waals surface area contributed by atoms with Gasteiger partial charge in [0.15, 0.2) is 17.4 Å². The molecule has 1 rings (SSSR count). The molecule has 0 aliphatic heterocycles. The fourth-order valence-corrected chi connectivity index (χ4v) is 1.29. The molecule has 0 aliphatic rings. The van der Waals surface area contributed by atoms with E-state index in [1.165, 1.54) is 0 Å². The van der Waals surface area contributed by atoms with Crippen molar-refractivity contribution in [1.82, 2.24) is 0 Å². The average Bonchev–Trinajstić information content (AvgIpc) is 2.08. The molecule has 0 saturated carbocycles. The maximum atomic E-state index is 5.99.